The van der Waals surface area contributed by atoms with Crippen LogP contribution in [0.2, 0.25) is 0 Å². The summed E-state index contributed by atoms with van der Waals surface area (Å²) in [6.07, 6.45) is 13.1. The predicted octanol–water partition coefficient (Wildman–Crippen LogP) is 3.99. The van der Waals surface area contributed by atoms with Gasteiger partial charge in [-0.3, -0.25) is 9.88 Å². The normalized spacial score (nSPS) is 31.1. The molecule has 0 aromatic carbocycles. The van der Waals surface area contributed by atoms with Crippen LogP contribution in [0.25, 0.3) is 0 Å². The van der Waals surface area contributed by atoms with Crippen LogP contribution >= 0.6 is 0 Å². The van der Waals surface area contributed by atoms with E-state index in [-0.39, 0.29) is 6.10 Å². The van der Waals surface area contributed by atoms with Gasteiger partial charge >= 0.3 is 0 Å². The van der Waals surface area contributed by atoms with Gasteiger partial charge in [0.25, 0.3) is 0 Å². The number of likely N-dealkylation sites (tertiary alicyclic amines) is 1. The lowest BCUT2D eigenvalue weighted by molar-refractivity contribution is -0.0375. The Labute approximate surface area is 185 Å². The van der Waals surface area contributed by atoms with E-state index in [4.69, 9.17) is 9.72 Å². The van der Waals surface area contributed by atoms with Crippen molar-refractivity contribution in [3.8, 4) is 0 Å². The van der Waals surface area contributed by atoms with E-state index in [9.17, 15) is 0 Å². The van der Waals surface area contributed by atoms with Gasteiger partial charge in [0.1, 0.15) is 0 Å². The van der Waals surface area contributed by atoms with Crippen molar-refractivity contribution >= 4 is 0 Å². The van der Waals surface area contributed by atoms with E-state index in [1.165, 1.54) is 49.2 Å². The van der Waals surface area contributed by atoms with Crippen molar-refractivity contribution in [1.82, 2.24) is 24.9 Å². The molecule has 6 nitrogen and oxygen atoms in total. The Morgan fingerprint density at radius 3 is 2.61 bits per heavy atom. The number of pyridine rings is 1. The van der Waals surface area contributed by atoms with Crippen molar-refractivity contribution in [3.63, 3.8) is 0 Å². The van der Waals surface area contributed by atoms with Crippen molar-refractivity contribution in [1.29, 1.82) is 0 Å². The lowest BCUT2D eigenvalue weighted by Crippen LogP contribution is -2.38. The summed E-state index contributed by atoms with van der Waals surface area (Å²) in [7, 11) is 0. The zero-order valence-electron chi connectivity index (χ0n) is 18.7. The first-order valence-electron chi connectivity index (χ1n) is 12.4. The number of aromatic nitrogens is 4. The third-order valence-corrected chi connectivity index (χ3v) is 7.95. The van der Waals surface area contributed by atoms with Gasteiger partial charge in [-0.25, -0.2) is 4.68 Å². The van der Waals surface area contributed by atoms with Gasteiger partial charge in [-0.05, 0) is 74.3 Å². The summed E-state index contributed by atoms with van der Waals surface area (Å²) in [5, 5.41) is 9.08. The van der Waals surface area contributed by atoms with Gasteiger partial charge in [0.2, 0.25) is 0 Å². The standard InChI is InChI=1S/C25H35N5O/c1-2-17-5-8-22(26-11-17)14-29-12-20-9-24(30-15-23(27-28-30)19-6-7-19)25(10-21(20)13-29)31-16-18-3-4-18/h5,8,11,15,18-21,24-25H,2-4,6-7,9-10,12-14,16H2,1H3/t20-,21+,24-,25-/m1/s1. The average molecular weight is 422 g/mol. The highest BCUT2D eigenvalue weighted by Gasteiger charge is 2.44. The number of rotatable bonds is 8. The molecule has 2 aromatic rings. The minimum Gasteiger partial charge on any atom is -0.376 e. The molecule has 166 valence electrons. The smallest absolute Gasteiger partial charge is 0.0858 e. The highest BCUT2D eigenvalue weighted by molar-refractivity contribution is 5.14. The Morgan fingerprint density at radius 2 is 1.90 bits per heavy atom. The molecule has 0 bridgehead atoms. The number of hydrogen-bond acceptors (Lipinski definition) is 5. The predicted molar refractivity (Wildman–Crippen MR) is 119 cm³/mol. The van der Waals surface area contributed by atoms with E-state index in [2.05, 4.69) is 45.1 Å². The van der Waals surface area contributed by atoms with Crippen molar-refractivity contribution in [3.05, 3.63) is 41.5 Å². The summed E-state index contributed by atoms with van der Waals surface area (Å²) in [4.78, 5) is 7.31. The van der Waals surface area contributed by atoms with Crippen LogP contribution in [0.1, 0.15) is 74.4 Å². The molecule has 3 saturated carbocycles. The number of nitrogens with zero attached hydrogens (tertiary/aromatic N) is 5. The van der Waals surface area contributed by atoms with Crippen molar-refractivity contribution in [2.75, 3.05) is 19.7 Å². The first kappa shape index (κ1) is 19.9. The highest BCUT2D eigenvalue weighted by atomic mass is 16.5. The number of hydrogen-bond donors (Lipinski definition) is 0. The molecule has 0 spiro atoms. The molecule has 3 heterocycles. The highest BCUT2D eigenvalue weighted by Crippen LogP contribution is 2.44. The van der Waals surface area contributed by atoms with Crippen molar-refractivity contribution in [2.24, 2.45) is 17.8 Å². The van der Waals surface area contributed by atoms with Gasteiger partial charge in [0.15, 0.2) is 0 Å². The quantitative estimate of drug-likeness (QED) is 0.645. The molecule has 4 aliphatic rings. The summed E-state index contributed by atoms with van der Waals surface area (Å²) in [6.45, 7) is 6.41. The lowest BCUT2D eigenvalue weighted by atomic mass is 9.77. The van der Waals surface area contributed by atoms with Crippen LogP contribution in [0.3, 0.4) is 0 Å². The van der Waals surface area contributed by atoms with Crippen molar-refractivity contribution < 1.29 is 4.74 Å². The maximum absolute atomic E-state index is 6.53. The van der Waals surface area contributed by atoms with E-state index in [1.807, 2.05) is 6.20 Å². The van der Waals surface area contributed by atoms with Gasteiger partial charge < -0.3 is 4.74 Å². The fourth-order valence-corrected chi connectivity index (χ4v) is 5.62. The third kappa shape index (κ3) is 4.42. The maximum atomic E-state index is 6.53. The number of fused-ring (bicyclic) bond motifs is 1. The van der Waals surface area contributed by atoms with Crippen LogP contribution in [-0.2, 0) is 17.7 Å². The molecule has 31 heavy (non-hydrogen) atoms. The molecule has 4 atom stereocenters. The summed E-state index contributed by atoms with van der Waals surface area (Å²) in [5.74, 6) is 2.90. The molecule has 0 N–H and O–H groups in total. The SMILES string of the molecule is CCc1ccc(CN2C[C@H]3C[C@@H](n4cc(C5CC5)nn4)[C@H](OCC4CC4)C[C@H]3C2)nc1. The van der Waals surface area contributed by atoms with Gasteiger partial charge in [-0.1, -0.05) is 18.2 Å². The fraction of sp³-hybridized carbons (Fsp3) is 0.720. The lowest BCUT2D eigenvalue weighted by Gasteiger charge is -2.37. The van der Waals surface area contributed by atoms with Crippen LogP contribution in [0.4, 0.5) is 0 Å². The van der Waals surface area contributed by atoms with E-state index in [1.54, 1.807) is 0 Å². The van der Waals surface area contributed by atoms with Gasteiger partial charge in [-0.2, -0.15) is 0 Å². The van der Waals surface area contributed by atoms with Crippen molar-refractivity contribution in [2.45, 2.75) is 76.5 Å². The summed E-state index contributed by atoms with van der Waals surface area (Å²) in [5.41, 5.74) is 3.70. The molecular weight excluding hydrogens is 386 g/mol. The fourth-order valence-electron chi connectivity index (χ4n) is 5.62. The Morgan fingerprint density at radius 1 is 1.06 bits per heavy atom. The summed E-state index contributed by atoms with van der Waals surface area (Å²) in [6, 6.07) is 4.77. The molecule has 4 fully saturated rings. The average Bonchev–Trinajstić information content (AvgIpc) is 3.72. The third-order valence-electron chi connectivity index (χ3n) is 7.95. The second-order valence-corrected chi connectivity index (χ2v) is 10.5. The Bertz CT molecular complexity index is 888. The van der Waals surface area contributed by atoms with Gasteiger partial charge in [0, 0.05) is 44.6 Å². The molecule has 2 aromatic heterocycles. The first-order valence-corrected chi connectivity index (χ1v) is 12.4. The van der Waals surface area contributed by atoms with Crippen LogP contribution in [0.15, 0.2) is 24.5 Å². The van der Waals surface area contributed by atoms with Crippen LogP contribution in [-0.4, -0.2) is 50.7 Å². The molecule has 6 rings (SSSR count). The molecule has 1 saturated heterocycles. The van der Waals surface area contributed by atoms with E-state index >= 15 is 0 Å². The molecule has 0 amide bonds. The zero-order chi connectivity index (χ0) is 20.8. The second kappa shape index (κ2) is 8.28. The molecular formula is C25H35N5O. The second-order valence-electron chi connectivity index (χ2n) is 10.5. The van der Waals surface area contributed by atoms with E-state index < -0.39 is 0 Å². The summed E-state index contributed by atoms with van der Waals surface area (Å²) >= 11 is 0. The topological polar surface area (TPSA) is 56.1 Å². The van der Waals surface area contributed by atoms with E-state index in [0.29, 0.717) is 17.9 Å². The van der Waals surface area contributed by atoms with Crippen LogP contribution < -0.4 is 0 Å². The first-order chi connectivity index (χ1) is 15.2. The Kier molecular flexibility index (Phi) is 5.31. The van der Waals surface area contributed by atoms with Crippen LogP contribution in [0, 0.1) is 17.8 Å². The molecule has 6 heteroatoms. The number of aryl methyl sites for hydroxylation is 1. The molecule has 1 aliphatic heterocycles. The van der Waals surface area contributed by atoms with Gasteiger partial charge in [-0.15, -0.1) is 5.10 Å². The largest absolute Gasteiger partial charge is 0.376 e. The monoisotopic (exact) mass is 421 g/mol. The Hall–Kier alpha value is -1.79. The minimum atomic E-state index is 0.275. The molecule has 3 aliphatic carbocycles. The zero-order valence-corrected chi connectivity index (χ0v) is 18.7. The van der Waals surface area contributed by atoms with Crippen LogP contribution in [0.5, 0.6) is 0 Å². The Balaban J connectivity index is 1.14. The van der Waals surface area contributed by atoms with Gasteiger partial charge in [0.05, 0.1) is 23.5 Å². The van der Waals surface area contributed by atoms with E-state index in [0.717, 1.165) is 50.8 Å². The maximum Gasteiger partial charge on any atom is 0.0858 e. The summed E-state index contributed by atoms with van der Waals surface area (Å²) < 4.78 is 8.69. The molecule has 0 radical (unpaired) electrons. The minimum absolute atomic E-state index is 0.275. The molecule has 0 unspecified atom stereocenters. The number of ether oxygens (including phenoxy) is 1.